The number of carbonyl (C=O) groups excluding carboxylic acids is 1. The van der Waals surface area contributed by atoms with Crippen molar-refractivity contribution in [2.45, 2.75) is 6.18 Å². The number of carbonyl (C=O) groups is 1. The number of thioether (sulfide) groups is 1. The van der Waals surface area contributed by atoms with Crippen molar-refractivity contribution in [1.82, 2.24) is 15.3 Å². The number of amides is 1. The number of alkyl halides is 3. The van der Waals surface area contributed by atoms with Gasteiger partial charge in [0.05, 0.1) is 27.2 Å². The van der Waals surface area contributed by atoms with Gasteiger partial charge in [0.2, 0.25) is 0 Å². The molecule has 0 bridgehead atoms. The summed E-state index contributed by atoms with van der Waals surface area (Å²) in [6.07, 6.45) is 0.433. The van der Waals surface area contributed by atoms with Gasteiger partial charge < -0.3 is 5.32 Å². The molecule has 4 rings (SSSR count). The molecule has 0 radical (unpaired) electrons. The molecule has 0 saturated carbocycles. The van der Waals surface area contributed by atoms with Crippen LogP contribution in [-0.4, -0.2) is 21.0 Å². The Balaban J connectivity index is 1.71. The van der Waals surface area contributed by atoms with E-state index in [1.807, 2.05) is 6.07 Å². The molecular formula is C19H11F3N4OS. The number of aliphatic imine (C=N–C) groups is 1. The molecule has 140 valence electrons. The summed E-state index contributed by atoms with van der Waals surface area (Å²) in [6, 6.07) is 10.0. The molecule has 1 aromatic heterocycles. The fraction of sp³-hybridized carbons (Fsp3) is 0.0526. The van der Waals surface area contributed by atoms with Crippen molar-refractivity contribution < 1.29 is 18.0 Å². The average Bonchev–Trinajstić information content (AvgIpc) is 3.00. The lowest BCUT2D eigenvalue weighted by Crippen LogP contribution is -2.18. The van der Waals surface area contributed by atoms with Crippen molar-refractivity contribution >= 4 is 45.6 Å². The highest BCUT2D eigenvalue weighted by Gasteiger charge is 2.30. The zero-order valence-corrected chi connectivity index (χ0v) is 14.9. The molecule has 28 heavy (non-hydrogen) atoms. The predicted molar refractivity (Wildman–Crippen MR) is 102 cm³/mol. The van der Waals surface area contributed by atoms with Crippen molar-refractivity contribution in [3.63, 3.8) is 0 Å². The van der Waals surface area contributed by atoms with Crippen LogP contribution in [-0.2, 0) is 6.18 Å². The third kappa shape index (κ3) is 3.89. The molecule has 9 heteroatoms. The quantitative estimate of drug-likeness (QED) is 0.644. The van der Waals surface area contributed by atoms with Crippen molar-refractivity contribution in [2.24, 2.45) is 4.99 Å². The van der Waals surface area contributed by atoms with Gasteiger partial charge in [-0.15, -0.1) is 0 Å². The van der Waals surface area contributed by atoms with Crippen LogP contribution in [0.25, 0.3) is 17.1 Å². The van der Waals surface area contributed by atoms with E-state index in [0.29, 0.717) is 10.4 Å². The maximum absolute atomic E-state index is 12.9. The van der Waals surface area contributed by atoms with E-state index in [-0.39, 0.29) is 16.8 Å². The molecule has 0 atom stereocenters. The van der Waals surface area contributed by atoms with Crippen LogP contribution in [0.3, 0.4) is 0 Å². The highest BCUT2D eigenvalue weighted by atomic mass is 32.2. The first-order valence-electron chi connectivity index (χ1n) is 8.06. The van der Waals surface area contributed by atoms with Gasteiger partial charge in [-0.25, -0.2) is 4.99 Å². The zero-order valence-electron chi connectivity index (χ0n) is 14.1. The summed E-state index contributed by atoms with van der Waals surface area (Å²) in [5.74, 6) is 0.202. The lowest BCUT2D eigenvalue weighted by Gasteiger charge is -2.07. The maximum Gasteiger partial charge on any atom is 0.416 e. The molecule has 1 N–H and O–H groups in total. The molecule has 1 amide bonds. The summed E-state index contributed by atoms with van der Waals surface area (Å²) >= 11 is 0.925. The van der Waals surface area contributed by atoms with E-state index in [4.69, 9.17) is 0 Å². The van der Waals surface area contributed by atoms with E-state index < -0.39 is 11.7 Å². The van der Waals surface area contributed by atoms with Crippen LogP contribution >= 0.6 is 11.8 Å². The molecule has 1 aliphatic heterocycles. The standard InChI is InChI=1S/C19H11F3N4OS/c20-19(21,22)12-2-1-3-13(10-12)25-17-16(28-18(27)26-17)9-11-4-5-14-15(8-11)24-7-6-23-14/h1-10H,(H,25,26,27)/b16-9-. The molecular weight excluding hydrogens is 389 g/mol. The first-order chi connectivity index (χ1) is 13.4. The fourth-order valence-corrected chi connectivity index (χ4v) is 3.35. The van der Waals surface area contributed by atoms with E-state index >= 15 is 0 Å². The monoisotopic (exact) mass is 400 g/mol. The second kappa shape index (κ2) is 7.08. The van der Waals surface area contributed by atoms with Crippen LogP contribution in [0.4, 0.5) is 23.7 Å². The van der Waals surface area contributed by atoms with Crippen molar-refractivity contribution in [2.75, 3.05) is 0 Å². The number of nitrogens with one attached hydrogen (secondary N) is 1. The molecule has 0 unspecified atom stereocenters. The van der Waals surface area contributed by atoms with E-state index in [2.05, 4.69) is 20.3 Å². The Morgan fingerprint density at radius 2 is 1.82 bits per heavy atom. The number of halogens is 3. The summed E-state index contributed by atoms with van der Waals surface area (Å²) in [7, 11) is 0. The molecule has 1 fully saturated rings. The molecule has 0 spiro atoms. The summed E-state index contributed by atoms with van der Waals surface area (Å²) < 4.78 is 38.7. The van der Waals surface area contributed by atoms with Crippen LogP contribution in [0.5, 0.6) is 0 Å². The minimum atomic E-state index is -4.46. The maximum atomic E-state index is 12.9. The van der Waals surface area contributed by atoms with Gasteiger partial charge in [-0.1, -0.05) is 12.1 Å². The SMILES string of the molecule is O=C1NC(=Nc2cccc(C(F)(F)F)c2)/C(=C/c2ccc3nccnc3c2)S1. The number of amidine groups is 1. The third-order valence-electron chi connectivity index (χ3n) is 3.86. The van der Waals surface area contributed by atoms with Crippen LogP contribution in [0, 0.1) is 0 Å². The van der Waals surface area contributed by atoms with E-state index in [1.165, 1.54) is 12.1 Å². The molecule has 3 aromatic rings. The second-order valence-corrected chi connectivity index (χ2v) is 6.85. The summed E-state index contributed by atoms with van der Waals surface area (Å²) in [6.45, 7) is 0. The lowest BCUT2D eigenvalue weighted by molar-refractivity contribution is -0.137. The Bertz CT molecular complexity index is 1140. The van der Waals surface area contributed by atoms with Gasteiger partial charge in [-0.05, 0) is 53.7 Å². The Kier molecular flexibility index (Phi) is 4.60. The molecule has 5 nitrogen and oxygen atoms in total. The van der Waals surface area contributed by atoms with Gasteiger partial charge in [-0.2, -0.15) is 13.2 Å². The zero-order chi connectivity index (χ0) is 19.7. The second-order valence-electron chi connectivity index (χ2n) is 5.84. The van der Waals surface area contributed by atoms with Gasteiger partial charge in [0, 0.05) is 12.4 Å². The first kappa shape index (κ1) is 18.2. The molecule has 1 saturated heterocycles. The third-order valence-corrected chi connectivity index (χ3v) is 4.68. The molecule has 0 aliphatic carbocycles. The number of hydrogen-bond acceptors (Lipinski definition) is 5. The largest absolute Gasteiger partial charge is 0.416 e. The van der Waals surface area contributed by atoms with Gasteiger partial charge in [0.1, 0.15) is 5.84 Å². The highest BCUT2D eigenvalue weighted by Crippen LogP contribution is 2.33. The smallest absolute Gasteiger partial charge is 0.300 e. The number of rotatable bonds is 2. The number of fused-ring (bicyclic) bond motifs is 1. The molecule has 1 aliphatic rings. The first-order valence-corrected chi connectivity index (χ1v) is 8.88. The van der Waals surface area contributed by atoms with Gasteiger partial charge in [0.25, 0.3) is 5.24 Å². The molecule has 2 heterocycles. The number of aromatic nitrogens is 2. The predicted octanol–water partition coefficient (Wildman–Crippen LogP) is 5.18. The number of benzene rings is 2. The summed E-state index contributed by atoms with van der Waals surface area (Å²) in [4.78, 5) is 24.9. The van der Waals surface area contributed by atoms with Gasteiger partial charge in [0.15, 0.2) is 0 Å². The van der Waals surface area contributed by atoms with E-state index in [0.717, 1.165) is 35.0 Å². The minimum absolute atomic E-state index is 0.0999. The number of nitrogens with zero attached hydrogens (tertiary/aromatic N) is 3. The summed E-state index contributed by atoms with van der Waals surface area (Å²) in [5.41, 5.74) is 1.49. The van der Waals surface area contributed by atoms with Crippen LogP contribution in [0.1, 0.15) is 11.1 Å². The normalized spacial score (nSPS) is 17.5. The average molecular weight is 400 g/mol. The van der Waals surface area contributed by atoms with Crippen molar-refractivity contribution in [3.05, 3.63) is 70.9 Å². The summed E-state index contributed by atoms with van der Waals surface area (Å²) in [5, 5.41) is 2.22. The Labute approximate surface area is 161 Å². The Morgan fingerprint density at radius 1 is 1.04 bits per heavy atom. The van der Waals surface area contributed by atoms with Gasteiger partial charge >= 0.3 is 6.18 Å². The van der Waals surface area contributed by atoms with Crippen molar-refractivity contribution in [1.29, 1.82) is 0 Å². The minimum Gasteiger partial charge on any atom is -0.300 e. The van der Waals surface area contributed by atoms with E-state index in [9.17, 15) is 18.0 Å². The van der Waals surface area contributed by atoms with Crippen LogP contribution in [0.15, 0.2) is 64.8 Å². The highest BCUT2D eigenvalue weighted by molar-refractivity contribution is 8.18. The van der Waals surface area contributed by atoms with E-state index in [1.54, 1.807) is 30.6 Å². The lowest BCUT2D eigenvalue weighted by atomic mass is 10.1. The van der Waals surface area contributed by atoms with Crippen LogP contribution < -0.4 is 5.32 Å². The van der Waals surface area contributed by atoms with Gasteiger partial charge in [-0.3, -0.25) is 14.8 Å². The van der Waals surface area contributed by atoms with Crippen LogP contribution in [0.2, 0.25) is 0 Å². The fourth-order valence-electron chi connectivity index (χ4n) is 2.62. The Hall–Kier alpha value is -3.20. The number of hydrogen-bond donors (Lipinski definition) is 1. The molecule has 2 aromatic carbocycles. The van der Waals surface area contributed by atoms with Crippen molar-refractivity contribution in [3.8, 4) is 0 Å². The Morgan fingerprint density at radius 3 is 2.61 bits per heavy atom. The topological polar surface area (TPSA) is 67.2 Å².